The standard InChI is InChI=1S/C15H24N2O4/c1-3-20-14-10-12(6-7-16)4-5-13(14)21-11-15(18)17-8-9-19-2/h4-5,10H,3,6-9,11,16H2,1-2H3,(H,17,18). The summed E-state index contributed by atoms with van der Waals surface area (Å²) >= 11 is 0. The van der Waals surface area contributed by atoms with Gasteiger partial charge in [0, 0.05) is 13.7 Å². The maximum atomic E-state index is 11.6. The van der Waals surface area contributed by atoms with Crippen molar-refractivity contribution in [2.45, 2.75) is 13.3 Å². The Balaban J connectivity index is 2.58. The second kappa shape index (κ2) is 10.0. The second-order valence-electron chi connectivity index (χ2n) is 4.38. The van der Waals surface area contributed by atoms with E-state index in [1.807, 2.05) is 19.1 Å². The zero-order valence-corrected chi connectivity index (χ0v) is 12.7. The molecule has 0 aliphatic carbocycles. The van der Waals surface area contributed by atoms with Crippen molar-refractivity contribution < 1.29 is 19.0 Å². The Bertz CT molecular complexity index is 438. The molecule has 0 heterocycles. The topological polar surface area (TPSA) is 82.8 Å². The van der Waals surface area contributed by atoms with Gasteiger partial charge in [0.15, 0.2) is 18.1 Å². The summed E-state index contributed by atoms with van der Waals surface area (Å²) in [5, 5.41) is 2.69. The molecule has 0 saturated heterocycles. The Labute approximate surface area is 125 Å². The van der Waals surface area contributed by atoms with Gasteiger partial charge in [-0.2, -0.15) is 0 Å². The predicted molar refractivity (Wildman–Crippen MR) is 80.8 cm³/mol. The highest BCUT2D eigenvalue weighted by atomic mass is 16.5. The van der Waals surface area contributed by atoms with Crippen molar-refractivity contribution >= 4 is 5.91 Å². The van der Waals surface area contributed by atoms with Crippen LogP contribution in [-0.4, -0.2) is 45.9 Å². The molecule has 1 aromatic carbocycles. The van der Waals surface area contributed by atoms with E-state index in [2.05, 4.69) is 5.32 Å². The first-order chi connectivity index (χ1) is 10.2. The molecule has 118 valence electrons. The van der Waals surface area contributed by atoms with Crippen LogP contribution in [-0.2, 0) is 16.0 Å². The third kappa shape index (κ3) is 6.46. The molecule has 6 heteroatoms. The van der Waals surface area contributed by atoms with E-state index in [-0.39, 0.29) is 12.5 Å². The van der Waals surface area contributed by atoms with E-state index in [4.69, 9.17) is 19.9 Å². The van der Waals surface area contributed by atoms with E-state index in [9.17, 15) is 4.79 Å². The lowest BCUT2D eigenvalue weighted by Gasteiger charge is -2.13. The van der Waals surface area contributed by atoms with Gasteiger partial charge in [-0.05, 0) is 37.6 Å². The fraction of sp³-hybridized carbons (Fsp3) is 0.533. The third-order valence-corrected chi connectivity index (χ3v) is 2.73. The number of rotatable bonds is 10. The minimum Gasteiger partial charge on any atom is -0.490 e. The number of hydrogen-bond acceptors (Lipinski definition) is 5. The summed E-state index contributed by atoms with van der Waals surface area (Å²) in [5.41, 5.74) is 6.63. The van der Waals surface area contributed by atoms with Crippen molar-refractivity contribution in [1.29, 1.82) is 0 Å². The lowest BCUT2D eigenvalue weighted by molar-refractivity contribution is -0.123. The van der Waals surface area contributed by atoms with E-state index in [0.717, 1.165) is 12.0 Å². The summed E-state index contributed by atoms with van der Waals surface area (Å²) in [6.45, 7) is 3.89. The summed E-state index contributed by atoms with van der Waals surface area (Å²) in [6, 6.07) is 5.63. The molecule has 0 unspecified atom stereocenters. The minimum absolute atomic E-state index is 0.0555. The molecule has 3 N–H and O–H groups in total. The van der Waals surface area contributed by atoms with Gasteiger partial charge >= 0.3 is 0 Å². The fourth-order valence-electron chi connectivity index (χ4n) is 1.75. The molecule has 0 aliphatic rings. The number of carbonyl (C=O) groups excluding carboxylic acids is 1. The minimum atomic E-state index is -0.194. The van der Waals surface area contributed by atoms with Crippen LogP contribution in [0.3, 0.4) is 0 Å². The van der Waals surface area contributed by atoms with Crippen molar-refractivity contribution in [2.24, 2.45) is 5.73 Å². The Morgan fingerprint density at radius 2 is 2.10 bits per heavy atom. The molecule has 0 fully saturated rings. The zero-order chi connectivity index (χ0) is 15.5. The van der Waals surface area contributed by atoms with E-state index in [0.29, 0.717) is 37.8 Å². The van der Waals surface area contributed by atoms with Crippen LogP contribution in [0.15, 0.2) is 18.2 Å². The molecule has 0 bridgehead atoms. The molecule has 1 aromatic rings. The number of nitrogens with one attached hydrogen (secondary N) is 1. The molecule has 6 nitrogen and oxygen atoms in total. The highest BCUT2D eigenvalue weighted by Gasteiger charge is 2.09. The summed E-state index contributed by atoms with van der Waals surface area (Å²) in [5.74, 6) is 0.994. The average Bonchev–Trinajstić information content (AvgIpc) is 2.47. The molecular weight excluding hydrogens is 272 g/mol. The monoisotopic (exact) mass is 296 g/mol. The van der Waals surface area contributed by atoms with Gasteiger partial charge in [-0.25, -0.2) is 0 Å². The van der Waals surface area contributed by atoms with Gasteiger partial charge in [-0.3, -0.25) is 4.79 Å². The maximum Gasteiger partial charge on any atom is 0.258 e. The Hall–Kier alpha value is -1.79. The van der Waals surface area contributed by atoms with E-state index >= 15 is 0 Å². The molecule has 0 spiro atoms. The van der Waals surface area contributed by atoms with Gasteiger partial charge in [0.1, 0.15) is 0 Å². The van der Waals surface area contributed by atoms with Crippen molar-refractivity contribution in [2.75, 3.05) is 40.0 Å². The summed E-state index contributed by atoms with van der Waals surface area (Å²) in [6.07, 6.45) is 0.776. The molecule has 0 saturated carbocycles. The number of hydrogen-bond donors (Lipinski definition) is 2. The molecule has 1 amide bonds. The van der Waals surface area contributed by atoms with E-state index in [1.165, 1.54) is 0 Å². The highest BCUT2D eigenvalue weighted by Crippen LogP contribution is 2.28. The van der Waals surface area contributed by atoms with Gasteiger partial charge in [0.25, 0.3) is 5.91 Å². The van der Waals surface area contributed by atoms with Crippen LogP contribution in [0.2, 0.25) is 0 Å². The molecular formula is C15H24N2O4. The van der Waals surface area contributed by atoms with Crippen LogP contribution in [0.25, 0.3) is 0 Å². The first-order valence-corrected chi connectivity index (χ1v) is 7.05. The highest BCUT2D eigenvalue weighted by molar-refractivity contribution is 5.77. The molecule has 1 rings (SSSR count). The van der Waals surface area contributed by atoms with Crippen LogP contribution >= 0.6 is 0 Å². The number of ether oxygens (including phenoxy) is 3. The second-order valence-corrected chi connectivity index (χ2v) is 4.38. The van der Waals surface area contributed by atoms with Gasteiger partial charge in [-0.15, -0.1) is 0 Å². The van der Waals surface area contributed by atoms with Crippen LogP contribution in [0.1, 0.15) is 12.5 Å². The van der Waals surface area contributed by atoms with Crippen molar-refractivity contribution in [3.05, 3.63) is 23.8 Å². The van der Waals surface area contributed by atoms with Crippen LogP contribution < -0.4 is 20.5 Å². The fourth-order valence-corrected chi connectivity index (χ4v) is 1.75. The number of methoxy groups -OCH3 is 1. The Morgan fingerprint density at radius 1 is 1.29 bits per heavy atom. The predicted octanol–water partition coefficient (Wildman–Crippen LogP) is 0.728. The molecule has 0 aromatic heterocycles. The molecule has 21 heavy (non-hydrogen) atoms. The third-order valence-electron chi connectivity index (χ3n) is 2.73. The molecule has 0 aliphatic heterocycles. The summed E-state index contributed by atoms with van der Waals surface area (Å²) in [7, 11) is 1.58. The van der Waals surface area contributed by atoms with Gasteiger partial charge < -0.3 is 25.3 Å². The number of amides is 1. The van der Waals surface area contributed by atoms with Crippen LogP contribution in [0.4, 0.5) is 0 Å². The van der Waals surface area contributed by atoms with Crippen molar-refractivity contribution in [3.8, 4) is 11.5 Å². The van der Waals surface area contributed by atoms with E-state index < -0.39 is 0 Å². The first kappa shape index (κ1) is 17.3. The lowest BCUT2D eigenvalue weighted by atomic mass is 10.1. The molecule has 0 radical (unpaired) electrons. The smallest absolute Gasteiger partial charge is 0.258 e. The molecule has 0 atom stereocenters. The number of benzene rings is 1. The lowest BCUT2D eigenvalue weighted by Crippen LogP contribution is -2.31. The van der Waals surface area contributed by atoms with Crippen molar-refractivity contribution in [1.82, 2.24) is 5.32 Å². The van der Waals surface area contributed by atoms with Crippen LogP contribution in [0.5, 0.6) is 11.5 Å². The number of carbonyl (C=O) groups is 1. The summed E-state index contributed by atoms with van der Waals surface area (Å²) in [4.78, 5) is 11.6. The van der Waals surface area contributed by atoms with Gasteiger partial charge in [-0.1, -0.05) is 6.07 Å². The quantitative estimate of drug-likeness (QED) is 0.622. The van der Waals surface area contributed by atoms with Crippen molar-refractivity contribution in [3.63, 3.8) is 0 Å². The summed E-state index contributed by atoms with van der Waals surface area (Å²) < 4.78 is 15.9. The van der Waals surface area contributed by atoms with Gasteiger partial charge in [0.2, 0.25) is 0 Å². The van der Waals surface area contributed by atoms with Gasteiger partial charge in [0.05, 0.1) is 13.2 Å². The number of nitrogens with two attached hydrogens (primary N) is 1. The maximum absolute atomic E-state index is 11.6. The average molecular weight is 296 g/mol. The first-order valence-electron chi connectivity index (χ1n) is 7.05. The van der Waals surface area contributed by atoms with E-state index in [1.54, 1.807) is 13.2 Å². The van der Waals surface area contributed by atoms with Crippen LogP contribution in [0, 0.1) is 0 Å². The SMILES string of the molecule is CCOc1cc(CCN)ccc1OCC(=O)NCCOC. The Morgan fingerprint density at radius 3 is 2.76 bits per heavy atom. The zero-order valence-electron chi connectivity index (χ0n) is 12.7. The largest absolute Gasteiger partial charge is 0.490 e. The normalized spacial score (nSPS) is 10.2. The Kier molecular flexibility index (Phi) is 8.23.